The molecule has 0 saturated carbocycles. The van der Waals surface area contributed by atoms with Gasteiger partial charge in [0.2, 0.25) is 5.91 Å². The number of carbonyl (C=O) groups is 1. The van der Waals surface area contributed by atoms with E-state index in [1.54, 1.807) is 0 Å². The van der Waals surface area contributed by atoms with Gasteiger partial charge in [-0.1, -0.05) is 0 Å². The van der Waals surface area contributed by atoms with E-state index in [1.807, 2.05) is 18.2 Å². The summed E-state index contributed by atoms with van der Waals surface area (Å²) in [6.45, 7) is 4.79. The molecule has 1 atom stereocenters. The molecule has 0 spiro atoms. The summed E-state index contributed by atoms with van der Waals surface area (Å²) in [6.07, 6.45) is 3.73. The van der Waals surface area contributed by atoms with Crippen LogP contribution < -0.4 is 16.0 Å². The van der Waals surface area contributed by atoms with Gasteiger partial charge in [-0.15, -0.1) is 0 Å². The second-order valence-corrected chi connectivity index (χ2v) is 4.99. The molecule has 1 amide bonds. The van der Waals surface area contributed by atoms with Crippen molar-refractivity contribution in [1.82, 2.24) is 0 Å². The Morgan fingerprint density at radius 2 is 2.22 bits per heavy atom. The molecule has 4 nitrogen and oxygen atoms in total. The van der Waals surface area contributed by atoms with Crippen LogP contribution in [0.3, 0.4) is 0 Å². The quantitative estimate of drug-likeness (QED) is 0.790. The first-order valence-electron chi connectivity index (χ1n) is 6.51. The van der Waals surface area contributed by atoms with Crippen LogP contribution in [0.15, 0.2) is 18.2 Å². The molecule has 1 aromatic rings. The molecule has 1 saturated heterocycles. The molecule has 1 heterocycles. The highest BCUT2D eigenvalue weighted by atomic mass is 16.1. The Morgan fingerprint density at radius 3 is 2.83 bits per heavy atom. The lowest BCUT2D eigenvalue weighted by Crippen LogP contribution is -2.37. The topological polar surface area (TPSA) is 58.4 Å². The van der Waals surface area contributed by atoms with E-state index in [2.05, 4.69) is 17.1 Å². The molecule has 0 radical (unpaired) electrons. The van der Waals surface area contributed by atoms with Crippen LogP contribution in [-0.2, 0) is 4.79 Å². The van der Waals surface area contributed by atoms with Gasteiger partial charge in [0.15, 0.2) is 0 Å². The first kappa shape index (κ1) is 12.7. The Labute approximate surface area is 108 Å². The zero-order valence-corrected chi connectivity index (χ0v) is 11.1. The minimum Gasteiger partial charge on any atom is -0.397 e. The molecule has 4 heteroatoms. The summed E-state index contributed by atoms with van der Waals surface area (Å²) in [7, 11) is 0. The van der Waals surface area contributed by atoms with Crippen LogP contribution in [0.25, 0.3) is 0 Å². The van der Waals surface area contributed by atoms with Crippen LogP contribution in [0.1, 0.15) is 33.1 Å². The summed E-state index contributed by atoms with van der Waals surface area (Å²) in [5.74, 6) is -0.0755. The Balaban J connectivity index is 2.20. The molecule has 1 fully saturated rings. The summed E-state index contributed by atoms with van der Waals surface area (Å²) in [6, 6.07) is 6.28. The van der Waals surface area contributed by atoms with Crippen molar-refractivity contribution >= 4 is 23.0 Å². The van der Waals surface area contributed by atoms with Gasteiger partial charge in [-0.05, 0) is 44.4 Å². The summed E-state index contributed by atoms with van der Waals surface area (Å²) >= 11 is 0. The van der Waals surface area contributed by atoms with E-state index in [0.717, 1.165) is 23.6 Å². The zero-order chi connectivity index (χ0) is 13.1. The van der Waals surface area contributed by atoms with Gasteiger partial charge in [-0.3, -0.25) is 4.79 Å². The van der Waals surface area contributed by atoms with Crippen LogP contribution in [0.5, 0.6) is 0 Å². The Kier molecular flexibility index (Phi) is 3.75. The van der Waals surface area contributed by atoms with Gasteiger partial charge in [0, 0.05) is 25.2 Å². The minimum atomic E-state index is -0.0755. The number of piperidine rings is 1. The number of hydrogen-bond acceptors (Lipinski definition) is 3. The molecular formula is C14H21N3O. The Bertz CT molecular complexity index is 445. The number of nitrogens with zero attached hydrogens (tertiary/aromatic N) is 1. The van der Waals surface area contributed by atoms with Crippen LogP contribution in [0.4, 0.5) is 17.1 Å². The van der Waals surface area contributed by atoms with Crippen LogP contribution in [0.2, 0.25) is 0 Å². The number of hydrogen-bond donors (Lipinski definition) is 2. The number of benzene rings is 1. The SMILES string of the molecule is CC(=O)Nc1ccc(N2CCCC[C@@H]2C)c(N)c1. The van der Waals surface area contributed by atoms with E-state index in [1.165, 1.54) is 26.2 Å². The third kappa shape index (κ3) is 2.75. The number of carbonyl (C=O) groups excluding carboxylic acids is 1. The van der Waals surface area contributed by atoms with E-state index in [4.69, 9.17) is 5.73 Å². The molecular weight excluding hydrogens is 226 g/mol. The maximum absolute atomic E-state index is 11.0. The largest absolute Gasteiger partial charge is 0.397 e. The van der Waals surface area contributed by atoms with E-state index in [0.29, 0.717) is 6.04 Å². The normalized spacial score (nSPS) is 19.7. The molecule has 1 aliphatic heterocycles. The van der Waals surface area contributed by atoms with Crippen molar-refractivity contribution in [2.75, 3.05) is 22.5 Å². The highest BCUT2D eigenvalue weighted by Crippen LogP contribution is 2.31. The van der Waals surface area contributed by atoms with Gasteiger partial charge in [-0.25, -0.2) is 0 Å². The van der Waals surface area contributed by atoms with Crippen molar-refractivity contribution in [2.24, 2.45) is 0 Å². The Hall–Kier alpha value is -1.71. The standard InChI is InChI=1S/C14H21N3O/c1-10-5-3-4-8-17(10)14-7-6-12(9-13(14)15)16-11(2)18/h6-7,9-10H,3-5,8,15H2,1-2H3,(H,16,18)/t10-/m0/s1. The molecule has 98 valence electrons. The minimum absolute atomic E-state index is 0.0755. The monoisotopic (exact) mass is 247 g/mol. The molecule has 0 aromatic heterocycles. The summed E-state index contributed by atoms with van der Waals surface area (Å²) in [4.78, 5) is 13.4. The first-order valence-corrected chi connectivity index (χ1v) is 6.51. The molecule has 0 aliphatic carbocycles. The molecule has 3 N–H and O–H groups in total. The second kappa shape index (κ2) is 5.29. The number of nitrogen functional groups attached to an aromatic ring is 1. The number of nitrogens with one attached hydrogen (secondary N) is 1. The fourth-order valence-corrected chi connectivity index (χ4v) is 2.55. The van der Waals surface area contributed by atoms with Crippen molar-refractivity contribution in [3.05, 3.63) is 18.2 Å². The maximum Gasteiger partial charge on any atom is 0.221 e. The average Bonchev–Trinajstić information content (AvgIpc) is 2.30. The van der Waals surface area contributed by atoms with Crippen LogP contribution in [0, 0.1) is 0 Å². The molecule has 1 aliphatic rings. The lowest BCUT2D eigenvalue weighted by atomic mass is 10.0. The van der Waals surface area contributed by atoms with Crippen molar-refractivity contribution in [2.45, 2.75) is 39.2 Å². The van der Waals surface area contributed by atoms with Gasteiger partial charge >= 0.3 is 0 Å². The number of amides is 1. The van der Waals surface area contributed by atoms with E-state index in [-0.39, 0.29) is 5.91 Å². The maximum atomic E-state index is 11.0. The predicted octanol–water partition coefficient (Wildman–Crippen LogP) is 2.61. The van der Waals surface area contributed by atoms with Gasteiger partial charge < -0.3 is 16.0 Å². The molecule has 2 rings (SSSR count). The summed E-state index contributed by atoms with van der Waals surface area (Å²) < 4.78 is 0. The molecule has 1 aromatic carbocycles. The van der Waals surface area contributed by atoms with E-state index >= 15 is 0 Å². The predicted molar refractivity (Wildman–Crippen MR) is 75.8 cm³/mol. The highest BCUT2D eigenvalue weighted by Gasteiger charge is 2.20. The smallest absolute Gasteiger partial charge is 0.221 e. The average molecular weight is 247 g/mol. The van der Waals surface area contributed by atoms with Crippen molar-refractivity contribution in [3.63, 3.8) is 0 Å². The second-order valence-electron chi connectivity index (χ2n) is 4.99. The lowest BCUT2D eigenvalue weighted by Gasteiger charge is -2.36. The fraction of sp³-hybridized carbons (Fsp3) is 0.500. The van der Waals surface area contributed by atoms with Crippen molar-refractivity contribution < 1.29 is 4.79 Å². The summed E-state index contributed by atoms with van der Waals surface area (Å²) in [5.41, 5.74) is 8.67. The number of nitrogens with two attached hydrogens (primary N) is 1. The Morgan fingerprint density at radius 1 is 1.44 bits per heavy atom. The molecule has 0 unspecified atom stereocenters. The highest BCUT2D eigenvalue weighted by molar-refractivity contribution is 5.90. The summed E-state index contributed by atoms with van der Waals surface area (Å²) in [5, 5.41) is 2.75. The zero-order valence-electron chi connectivity index (χ0n) is 11.1. The molecule has 18 heavy (non-hydrogen) atoms. The fourth-order valence-electron chi connectivity index (χ4n) is 2.55. The van der Waals surface area contributed by atoms with Gasteiger partial charge in [-0.2, -0.15) is 0 Å². The first-order chi connectivity index (χ1) is 8.58. The third-order valence-electron chi connectivity index (χ3n) is 3.46. The van der Waals surface area contributed by atoms with Gasteiger partial charge in [0.25, 0.3) is 0 Å². The van der Waals surface area contributed by atoms with Crippen molar-refractivity contribution in [1.29, 1.82) is 0 Å². The lowest BCUT2D eigenvalue weighted by molar-refractivity contribution is -0.114. The number of rotatable bonds is 2. The number of anilines is 3. The van der Waals surface area contributed by atoms with Crippen molar-refractivity contribution in [3.8, 4) is 0 Å². The van der Waals surface area contributed by atoms with Crippen LogP contribution >= 0.6 is 0 Å². The molecule has 0 bridgehead atoms. The van der Waals surface area contributed by atoms with Gasteiger partial charge in [0.05, 0.1) is 11.4 Å². The van der Waals surface area contributed by atoms with E-state index in [9.17, 15) is 4.79 Å². The van der Waals surface area contributed by atoms with Crippen LogP contribution in [-0.4, -0.2) is 18.5 Å². The van der Waals surface area contributed by atoms with Gasteiger partial charge in [0.1, 0.15) is 0 Å². The third-order valence-corrected chi connectivity index (χ3v) is 3.46. The van der Waals surface area contributed by atoms with E-state index < -0.39 is 0 Å².